The standard InChI is InChI=1S/C18H22F3N3O/c1-17(2)11-16(25)23-24(17)15(18(19,20)21)10-6-5-8-13-7-3-4-9-14(13)12-22/h3-4,7,9,15H,5-6,8,10-11H2,1-2H3,(H,23,25)/t15-/m0/s1. The molecule has 1 heterocycles. The molecule has 1 aliphatic rings. The van der Waals surface area contributed by atoms with Gasteiger partial charge in [0.25, 0.3) is 0 Å². The summed E-state index contributed by atoms with van der Waals surface area (Å²) in [4.78, 5) is 11.5. The van der Waals surface area contributed by atoms with Crippen molar-refractivity contribution in [1.29, 1.82) is 5.26 Å². The number of nitrogens with one attached hydrogen (secondary N) is 1. The zero-order valence-electron chi connectivity index (χ0n) is 14.4. The average molecular weight is 353 g/mol. The van der Waals surface area contributed by atoms with Crippen LogP contribution in [-0.4, -0.2) is 28.7 Å². The predicted molar refractivity (Wildman–Crippen MR) is 87.2 cm³/mol. The summed E-state index contributed by atoms with van der Waals surface area (Å²) in [5.41, 5.74) is 2.90. The van der Waals surface area contributed by atoms with Crippen LogP contribution in [0, 0.1) is 11.3 Å². The summed E-state index contributed by atoms with van der Waals surface area (Å²) in [7, 11) is 0. The Hall–Kier alpha value is -2.07. The minimum atomic E-state index is -4.42. The molecule has 1 fully saturated rings. The lowest BCUT2D eigenvalue weighted by molar-refractivity contribution is -0.202. The SMILES string of the molecule is CC1(C)CC(=O)NN1[C@@H](CCCCc1ccccc1C#N)C(F)(F)F. The number of carbonyl (C=O) groups excluding carboxylic acids is 1. The Morgan fingerprint density at radius 2 is 2.00 bits per heavy atom. The summed E-state index contributed by atoms with van der Waals surface area (Å²) in [6.45, 7) is 3.26. The van der Waals surface area contributed by atoms with E-state index in [0.717, 1.165) is 10.6 Å². The first-order chi connectivity index (χ1) is 11.6. The molecule has 25 heavy (non-hydrogen) atoms. The fraction of sp³-hybridized carbons (Fsp3) is 0.556. The number of aryl methyl sites for hydroxylation is 1. The minimum absolute atomic E-state index is 0.0507. The Balaban J connectivity index is 1.98. The molecule has 4 nitrogen and oxygen atoms in total. The second kappa shape index (κ2) is 7.44. The highest BCUT2D eigenvalue weighted by molar-refractivity contribution is 5.78. The van der Waals surface area contributed by atoms with Crippen molar-refractivity contribution < 1.29 is 18.0 Å². The number of nitriles is 1. The van der Waals surface area contributed by atoms with Gasteiger partial charge in [0.2, 0.25) is 5.91 Å². The normalized spacial score (nSPS) is 18.6. The fourth-order valence-corrected chi connectivity index (χ4v) is 3.24. The van der Waals surface area contributed by atoms with Crippen molar-refractivity contribution in [2.75, 3.05) is 0 Å². The summed E-state index contributed by atoms with van der Waals surface area (Å²) in [6.07, 6.45) is -3.00. The smallest absolute Gasteiger partial charge is 0.288 e. The van der Waals surface area contributed by atoms with Crippen molar-refractivity contribution in [2.45, 2.75) is 63.7 Å². The molecule has 0 aromatic heterocycles. The van der Waals surface area contributed by atoms with Crippen LogP contribution in [0.3, 0.4) is 0 Å². The van der Waals surface area contributed by atoms with Crippen LogP contribution in [0.4, 0.5) is 13.2 Å². The Morgan fingerprint density at radius 1 is 1.32 bits per heavy atom. The number of hydrogen-bond donors (Lipinski definition) is 1. The third-order valence-corrected chi connectivity index (χ3v) is 4.49. The molecule has 1 atom stereocenters. The molecule has 1 N–H and O–H groups in total. The molecule has 0 aliphatic carbocycles. The van der Waals surface area contributed by atoms with E-state index in [1.807, 2.05) is 12.1 Å². The highest BCUT2D eigenvalue weighted by atomic mass is 19.4. The van der Waals surface area contributed by atoms with Crippen LogP contribution >= 0.6 is 0 Å². The minimum Gasteiger partial charge on any atom is -0.288 e. The van der Waals surface area contributed by atoms with Crippen molar-refractivity contribution >= 4 is 5.91 Å². The molecule has 0 saturated carbocycles. The van der Waals surface area contributed by atoms with Crippen molar-refractivity contribution in [3.8, 4) is 6.07 Å². The van der Waals surface area contributed by atoms with Crippen LogP contribution in [0.1, 0.15) is 50.7 Å². The summed E-state index contributed by atoms with van der Waals surface area (Å²) in [5, 5.41) is 10.1. The number of benzene rings is 1. The number of hydrogen-bond acceptors (Lipinski definition) is 3. The van der Waals surface area contributed by atoms with Crippen molar-refractivity contribution in [3.63, 3.8) is 0 Å². The first kappa shape index (κ1) is 19.3. The number of carbonyl (C=O) groups is 1. The van der Waals surface area contributed by atoms with Gasteiger partial charge in [-0.15, -0.1) is 0 Å². The predicted octanol–water partition coefficient (Wildman–Crippen LogP) is 3.72. The van der Waals surface area contributed by atoms with E-state index in [2.05, 4.69) is 11.5 Å². The van der Waals surface area contributed by atoms with E-state index >= 15 is 0 Å². The number of halogens is 3. The van der Waals surface area contributed by atoms with Gasteiger partial charge < -0.3 is 0 Å². The molecule has 1 aromatic rings. The number of amides is 1. The van der Waals surface area contributed by atoms with Gasteiger partial charge >= 0.3 is 6.18 Å². The van der Waals surface area contributed by atoms with Crippen LogP contribution in [0.25, 0.3) is 0 Å². The fourth-order valence-electron chi connectivity index (χ4n) is 3.24. The van der Waals surface area contributed by atoms with E-state index in [1.165, 1.54) is 0 Å². The first-order valence-electron chi connectivity index (χ1n) is 8.29. The van der Waals surface area contributed by atoms with Crippen LogP contribution in [0.15, 0.2) is 24.3 Å². The molecule has 0 bridgehead atoms. The molecule has 2 rings (SSSR count). The van der Waals surface area contributed by atoms with Gasteiger partial charge in [-0.1, -0.05) is 24.6 Å². The quantitative estimate of drug-likeness (QED) is 0.793. The Morgan fingerprint density at radius 3 is 2.56 bits per heavy atom. The van der Waals surface area contributed by atoms with Crippen molar-refractivity contribution in [2.24, 2.45) is 0 Å². The second-order valence-corrected chi connectivity index (χ2v) is 6.97. The van der Waals surface area contributed by atoms with E-state index in [9.17, 15) is 18.0 Å². The van der Waals surface area contributed by atoms with Gasteiger partial charge in [-0.2, -0.15) is 18.4 Å². The molecule has 7 heteroatoms. The van der Waals surface area contributed by atoms with E-state index in [0.29, 0.717) is 24.8 Å². The van der Waals surface area contributed by atoms with E-state index < -0.39 is 17.8 Å². The highest BCUT2D eigenvalue weighted by Gasteiger charge is 2.51. The Labute approximate surface area is 145 Å². The topological polar surface area (TPSA) is 56.1 Å². The van der Waals surface area contributed by atoms with E-state index in [1.54, 1.807) is 26.0 Å². The summed E-state index contributed by atoms with van der Waals surface area (Å²) >= 11 is 0. The zero-order chi connectivity index (χ0) is 18.7. The Bertz CT molecular complexity index is 664. The Kier molecular flexibility index (Phi) is 5.73. The lowest BCUT2D eigenvalue weighted by Gasteiger charge is -2.37. The summed E-state index contributed by atoms with van der Waals surface area (Å²) in [5.74, 6) is -0.387. The van der Waals surface area contributed by atoms with Gasteiger partial charge in [0.1, 0.15) is 6.04 Å². The van der Waals surface area contributed by atoms with Crippen LogP contribution in [-0.2, 0) is 11.2 Å². The van der Waals surface area contributed by atoms with Gasteiger partial charge in [-0.25, -0.2) is 5.01 Å². The van der Waals surface area contributed by atoms with Gasteiger partial charge in [-0.3, -0.25) is 10.2 Å². The van der Waals surface area contributed by atoms with E-state index in [4.69, 9.17) is 5.26 Å². The number of alkyl halides is 3. The highest BCUT2D eigenvalue weighted by Crippen LogP contribution is 2.35. The van der Waals surface area contributed by atoms with Crippen LogP contribution in [0.2, 0.25) is 0 Å². The second-order valence-electron chi connectivity index (χ2n) is 6.97. The van der Waals surface area contributed by atoms with Crippen molar-refractivity contribution in [3.05, 3.63) is 35.4 Å². The molecule has 0 spiro atoms. The van der Waals surface area contributed by atoms with Gasteiger partial charge in [-0.05, 0) is 44.7 Å². The van der Waals surface area contributed by atoms with Gasteiger partial charge in [0.05, 0.1) is 11.6 Å². The van der Waals surface area contributed by atoms with Gasteiger partial charge in [0, 0.05) is 12.0 Å². The first-order valence-corrected chi connectivity index (χ1v) is 8.29. The molecule has 1 aliphatic heterocycles. The number of unbranched alkanes of at least 4 members (excludes halogenated alkanes) is 1. The average Bonchev–Trinajstić information content (AvgIpc) is 2.78. The third-order valence-electron chi connectivity index (χ3n) is 4.49. The maximum absolute atomic E-state index is 13.5. The maximum atomic E-state index is 13.5. The molecule has 1 saturated heterocycles. The van der Waals surface area contributed by atoms with Crippen LogP contribution in [0.5, 0.6) is 0 Å². The lowest BCUT2D eigenvalue weighted by atomic mass is 9.96. The zero-order valence-corrected chi connectivity index (χ0v) is 14.4. The molecule has 1 aromatic carbocycles. The molecular formula is C18H22F3N3O. The number of rotatable bonds is 6. The van der Waals surface area contributed by atoms with E-state index in [-0.39, 0.29) is 18.7 Å². The molecule has 136 valence electrons. The number of hydrazine groups is 1. The molecular weight excluding hydrogens is 331 g/mol. The molecule has 1 amide bonds. The lowest BCUT2D eigenvalue weighted by Crippen LogP contribution is -2.56. The largest absolute Gasteiger partial charge is 0.405 e. The summed E-state index contributed by atoms with van der Waals surface area (Å²) in [6, 6.07) is 7.49. The van der Waals surface area contributed by atoms with Crippen LogP contribution < -0.4 is 5.43 Å². The number of nitrogens with zero attached hydrogens (tertiary/aromatic N) is 2. The van der Waals surface area contributed by atoms with Crippen molar-refractivity contribution in [1.82, 2.24) is 10.4 Å². The molecule has 0 unspecified atom stereocenters. The monoisotopic (exact) mass is 353 g/mol. The maximum Gasteiger partial charge on any atom is 0.405 e. The summed E-state index contributed by atoms with van der Waals surface area (Å²) < 4.78 is 40.4. The van der Waals surface area contributed by atoms with Gasteiger partial charge in [0.15, 0.2) is 0 Å². The molecule has 0 radical (unpaired) electrons. The third kappa shape index (κ3) is 4.73.